The van der Waals surface area contributed by atoms with Crippen molar-refractivity contribution in [2.45, 2.75) is 69.6 Å². The van der Waals surface area contributed by atoms with Crippen LogP contribution in [0.15, 0.2) is 25.3 Å². The van der Waals surface area contributed by atoms with E-state index in [0.717, 1.165) is 19.3 Å². The number of carbonyl (C=O) groups excluding carboxylic acids is 1. The van der Waals surface area contributed by atoms with E-state index in [4.69, 9.17) is 0 Å². The molecule has 0 aromatic heterocycles. The molecule has 2 aliphatic rings. The minimum absolute atomic E-state index is 0.0546. The number of carbonyl (C=O) groups is 1. The minimum atomic E-state index is -4.83. The third kappa shape index (κ3) is 3.20. The van der Waals surface area contributed by atoms with Crippen LogP contribution in [0.4, 0.5) is 13.2 Å². The lowest BCUT2D eigenvalue weighted by Crippen LogP contribution is -2.64. The van der Waals surface area contributed by atoms with Gasteiger partial charge in [-0.2, -0.15) is 13.2 Å². The van der Waals surface area contributed by atoms with Crippen molar-refractivity contribution in [1.82, 2.24) is 4.90 Å². The topological polar surface area (TPSA) is 20.3 Å². The largest absolute Gasteiger partial charge is 0.471 e. The van der Waals surface area contributed by atoms with E-state index in [-0.39, 0.29) is 11.8 Å². The summed E-state index contributed by atoms with van der Waals surface area (Å²) in [7, 11) is 0. The summed E-state index contributed by atoms with van der Waals surface area (Å²) in [6, 6.07) is -0.395. The first-order chi connectivity index (χ1) is 10.8. The first kappa shape index (κ1) is 18.1. The van der Waals surface area contributed by atoms with Crippen molar-refractivity contribution >= 4 is 5.91 Å². The number of nitrogens with zero attached hydrogens (tertiary/aromatic N) is 1. The number of rotatable bonds is 4. The summed E-state index contributed by atoms with van der Waals surface area (Å²) in [4.78, 5) is 13.5. The molecule has 4 atom stereocenters. The second kappa shape index (κ2) is 6.70. The van der Waals surface area contributed by atoms with E-state index in [2.05, 4.69) is 13.2 Å². The van der Waals surface area contributed by atoms with Crippen LogP contribution in [0.3, 0.4) is 0 Å². The molecule has 1 saturated carbocycles. The molecule has 130 valence electrons. The number of hydrogen-bond acceptors (Lipinski definition) is 1. The molecule has 0 aromatic carbocycles. The van der Waals surface area contributed by atoms with Crippen molar-refractivity contribution in [3.63, 3.8) is 0 Å². The predicted octanol–water partition coefficient (Wildman–Crippen LogP) is 4.87. The van der Waals surface area contributed by atoms with Crippen LogP contribution in [0.1, 0.15) is 51.9 Å². The Balaban J connectivity index is 2.46. The van der Waals surface area contributed by atoms with Gasteiger partial charge in [0.2, 0.25) is 0 Å². The van der Waals surface area contributed by atoms with E-state index < -0.39 is 23.7 Å². The Morgan fingerprint density at radius 3 is 2.43 bits per heavy atom. The van der Waals surface area contributed by atoms with Crippen molar-refractivity contribution in [2.75, 3.05) is 0 Å². The maximum atomic E-state index is 13.3. The fraction of sp³-hybridized carbons (Fsp3) is 0.722. The molecule has 2 rings (SSSR count). The maximum Gasteiger partial charge on any atom is 0.471 e. The number of likely N-dealkylation sites (tertiary alicyclic amines) is 1. The van der Waals surface area contributed by atoms with Crippen LogP contribution in [0.2, 0.25) is 0 Å². The van der Waals surface area contributed by atoms with E-state index in [1.165, 1.54) is 4.90 Å². The number of piperidine rings is 1. The molecule has 23 heavy (non-hydrogen) atoms. The van der Waals surface area contributed by atoms with E-state index in [1.807, 2.05) is 13.0 Å². The highest BCUT2D eigenvalue weighted by molar-refractivity contribution is 5.83. The Hall–Kier alpha value is -1.26. The molecule has 1 saturated heterocycles. The highest BCUT2D eigenvalue weighted by Crippen LogP contribution is 2.52. The predicted molar refractivity (Wildman–Crippen MR) is 84.8 cm³/mol. The van der Waals surface area contributed by atoms with Gasteiger partial charge in [0, 0.05) is 11.6 Å². The van der Waals surface area contributed by atoms with E-state index in [9.17, 15) is 18.0 Å². The number of hydrogen-bond donors (Lipinski definition) is 0. The number of alkyl halides is 3. The zero-order chi connectivity index (χ0) is 17.3. The fourth-order valence-electron chi connectivity index (χ4n) is 4.79. The van der Waals surface area contributed by atoms with Crippen LogP contribution in [0.5, 0.6) is 0 Å². The zero-order valence-electron chi connectivity index (χ0n) is 13.7. The molecule has 0 bridgehead atoms. The van der Waals surface area contributed by atoms with Crippen LogP contribution in [0, 0.1) is 11.8 Å². The number of halogens is 3. The van der Waals surface area contributed by atoms with Gasteiger partial charge in [-0.1, -0.05) is 25.5 Å². The smallest absolute Gasteiger partial charge is 0.326 e. The van der Waals surface area contributed by atoms with Crippen LogP contribution in [0.25, 0.3) is 0 Å². The van der Waals surface area contributed by atoms with Crippen molar-refractivity contribution in [3.05, 3.63) is 25.3 Å². The first-order valence-corrected chi connectivity index (χ1v) is 8.42. The van der Waals surface area contributed by atoms with Crippen LogP contribution in [-0.4, -0.2) is 28.6 Å². The van der Waals surface area contributed by atoms with Gasteiger partial charge in [-0.15, -0.1) is 13.2 Å². The Bertz CT molecular complexity index is 473. The van der Waals surface area contributed by atoms with Gasteiger partial charge in [0.05, 0.1) is 0 Å². The lowest BCUT2D eigenvalue weighted by molar-refractivity contribution is -0.201. The van der Waals surface area contributed by atoms with Gasteiger partial charge < -0.3 is 4.90 Å². The number of allylic oxidation sites excluding steroid dienone is 1. The second-order valence-electron chi connectivity index (χ2n) is 6.94. The average Bonchev–Trinajstić information content (AvgIpc) is 2.89. The molecule has 1 aliphatic heterocycles. The summed E-state index contributed by atoms with van der Waals surface area (Å²) < 4.78 is 39.8. The SMILES string of the molecule is C=CC[C@H]1CCC[C@]2(CCC[C@@H]2[C@@H](C)C=C)N1C(=O)C(F)(F)F. The molecule has 1 amide bonds. The molecular weight excluding hydrogens is 303 g/mol. The standard InChI is InChI=1S/C18H26F3NO/c1-4-8-14-9-6-11-17(22(14)16(23)18(19,20)21)12-7-10-15(17)13(3)5-2/h4-5,13-15H,1-2,6-12H2,3H3/t13-,14-,15+,17+/m0/s1. The lowest BCUT2D eigenvalue weighted by atomic mass is 9.71. The summed E-state index contributed by atoms with van der Waals surface area (Å²) in [5.41, 5.74) is -0.674. The van der Waals surface area contributed by atoms with Crippen molar-refractivity contribution in [2.24, 2.45) is 11.8 Å². The molecular formula is C18H26F3NO. The molecule has 2 fully saturated rings. The molecule has 2 nitrogen and oxygen atoms in total. The highest BCUT2D eigenvalue weighted by Gasteiger charge is 2.58. The average molecular weight is 329 g/mol. The monoisotopic (exact) mass is 329 g/mol. The lowest BCUT2D eigenvalue weighted by Gasteiger charge is -2.53. The van der Waals surface area contributed by atoms with E-state index in [0.29, 0.717) is 25.7 Å². The van der Waals surface area contributed by atoms with E-state index in [1.54, 1.807) is 6.08 Å². The third-order valence-corrected chi connectivity index (χ3v) is 5.71. The minimum Gasteiger partial charge on any atom is -0.326 e. The van der Waals surface area contributed by atoms with Gasteiger partial charge in [0.15, 0.2) is 0 Å². The van der Waals surface area contributed by atoms with Crippen LogP contribution < -0.4 is 0 Å². The molecule has 0 N–H and O–H groups in total. The first-order valence-electron chi connectivity index (χ1n) is 8.42. The summed E-state index contributed by atoms with van der Waals surface area (Å²) in [5, 5.41) is 0. The van der Waals surface area contributed by atoms with Crippen molar-refractivity contribution < 1.29 is 18.0 Å². The molecule has 0 aromatic rings. The molecule has 0 radical (unpaired) electrons. The quantitative estimate of drug-likeness (QED) is 0.674. The van der Waals surface area contributed by atoms with Gasteiger partial charge >= 0.3 is 12.1 Å². The maximum absolute atomic E-state index is 13.3. The summed E-state index contributed by atoms with van der Waals surface area (Å²) >= 11 is 0. The molecule has 1 aliphatic carbocycles. The summed E-state index contributed by atoms with van der Waals surface area (Å²) in [5.74, 6) is -1.52. The van der Waals surface area contributed by atoms with Crippen LogP contribution >= 0.6 is 0 Å². The normalized spacial score (nSPS) is 32.8. The van der Waals surface area contributed by atoms with Gasteiger partial charge in [-0.25, -0.2) is 0 Å². The van der Waals surface area contributed by atoms with Crippen LogP contribution in [-0.2, 0) is 4.79 Å². The van der Waals surface area contributed by atoms with Gasteiger partial charge in [-0.3, -0.25) is 4.79 Å². The summed E-state index contributed by atoms with van der Waals surface area (Å²) in [6.07, 6.45) is 3.54. The molecule has 0 unspecified atom stereocenters. The Labute approximate surface area is 136 Å². The molecule has 5 heteroatoms. The summed E-state index contributed by atoms with van der Waals surface area (Å²) in [6.45, 7) is 9.47. The van der Waals surface area contributed by atoms with Gasteiger partial charge in [-0.05, 0) is 50.4 Å². The second-order valence-corrected chi connectivity index (χ2v) is 6.94. The Morgan fingerprint density at radius 2 is 1.91 bits per heavy atom. The fourth-order valence-corrected chi connectivity index (χ4v) is 4.79. The van der Waals surface area contributed by atoms with Gasteiger partial charge in [0.1, 0.15) is 0 Å². The highest BCUT2D eigenvalue weighted by atomic mass is 19.4. The third-order valence-electron chi connectivity index (χ3n) is 5.71. The van der Waals surface area contributed by atoms with E-state index >= 15 is 0 Å². The zero-order valence-corrected chi connectivity index (χ0v) is 13.7. The molecule has 1 spiro atoms. The Kier molecular flexibility index (Phi) is 5.27. The van der Waals surface area contributed by atoms with Crippen molar-refractivity contribution in [3.8, 4) is 0 Å². The molecule has 1 heterocycles. The van der Waals surface area contributed by atoms with Gasteiger partial charge in [0.25, 0.3) is 0 Å². The number of amides is 1. The Morgan fingerprint density at radius 1 is 1.30 bits per heavy atom. The van der Waals surface area contributed by atoms with Crippen molar-refractivity contribution in [1.29, 1.82) is 0 Å².